The number of likely N-dealkylation sites (tertiary alicyclic amines) is 2. The van der Waals surface area contributed by atoms with Crippen LogP contribution in [-0.4, -0.2) is 54.9 Å². The summed E-state index contributed by atoms with van der Waals surface area (Å²) in [6.07, 6.45) is 9.53. The first kappa shape index (κ1) is 14.6. The molecule has 18 heavy (non-hydrogen) atoms. The van der Waals surface area contributed by atoms with Crippen LogP contribution >= 0.6 is 11.6 Å². The van der Waals surface area contributed by atoms with Crippen molar-refractivity contribution in [3.8, 4) is 0 Å². The molecule has 0 aromatic heterocycles. The molecular formula is C15H29ClN2. The normalized spacial score (nSPS) is 23.8. The zero-order valence-corrected chi connectivity index (χ0v) is 12.5. The van der Waals surface area contributed by atoms with E-state index in [0.29, 0.717) is 0 Å². The predicted molar refractivity (Wildman–Crippen MR) is 79.4 cm³/mol. The Morgan fingerprint density at radius 3 is 2.22 bits per heavy atom. The van der Waals surface area contributed by atoms with Gasteiger partial charge in [0, 0.05) is 12.4 Å². The van der Waals surface area contributed by atoms with Crippen molar-refractivity contribution in [1.82, 2.24) is 9.80 Å². The van der Waals surface area contributed by atoms with Crippen LogP contribution in [0.5, 0.6) is 0 Å². The van der Waals surface area contributed by atoms with Crippen molar-refractivity contribution >= 4 is 11.6 Å². The van der Waals surface area contributed by atoms with Gasteiger partial charge in [-0.2, -0.15) is 0 Å². The highest BCUT2D eigenvalue weighted by Gasteiger charge is 2.22. The summed E-state index contributed by atoms with van der Waals surface area (Å²) in [7, 11) is 0. The summed E-state index contributed by atoms with van der Waals surface area (Å²) < 4.78 is 0. The second-order valence-electron chi connectivity index (χ2n) is 6.04. The Bertz CT molecular complexity index is 209. The van der Waals surface area contributed by atoms with Crippen LogP contribution in [0.2, 0.25) is 0 Å². The molecule has 0 spiro atoms. The van der Waals surface area contributed by atoms with Crippen LogP contribution in [0.15, 0.2) is 0 Å². The number of piperidine rings is 1. The van der Waals surface area contributed by atoms with E-state index in [1.165, 1.54) is 84.2 Å². The average molecular weight is 273 g/mol. The Balaban J connectivity index is 1.53. The van der Waals surface area contributed by atoms with Crippen molar-refractivity contribution in [1.29, 1.82) is 0 Å². The van der Waals surface area contributed by atoms with Crippen LogP contribution in [0.25, 0.3) is 0 Å². The smallest absolute Gasteiger partial charge is 0.0223 e. The molecule has 2 rings (SSSR count). The molecule has 0 aromatic rings. The third-order valence-corrected chi connectivity index (χ3v) is 4.80. The quantitative estimate of drug-likeness (QED) is 0.519. The first-order chi connectivity index (χ1) is 8.88. The first-order valence-corrected chi connectivity index (χ1v) is 8.42. The molecule has 0 N–H and O–H groups in total. The molecule has 0 radical (unpaired) electrons. The zero-order chi connectivity index (χ0) is 12.6. The van der Waals surface area contributed by atoms with Crippen molar-refractivity contribution in [3.05, 3.63) is 0 Å². The lowest BCUT2D eigenvalue weighted by Crippen LogP contribution is -2.38. The fourth-order valence-corrected chi connectivity index (χ4v) is 3.52. The number of hydrogen-bond acceptors (Lipinski definition) is 2. The minimum atomic E-state index is 0.831. The van der Waals surface area contributed by atoms with E-state index in [4.69, 9.17) is 11.6 Å². The molecule has 2 heterocycles. The third-order valence-electron chi connectivity index (χ3n) is 4.53. The largest absolute Gasteiger partial charge is 0.303 e. The zero-order valence-electron chi connectivity index (χ0n) is 11.7. The van der Waals surface area contributed by atoms with Crippen molar-refractivity contribution in [3.63, 3.8) is 0 Å². The average Bonchev–Trinajstić information content (AvgIpc) is 2.89. The highest BCUT2D eigenvalue weighted by molar-refractivity contribution is 6.17. The molecule has 2 aliphatic heterocycles. The minimum Gasteiger partial charge on any atom is -0.303 e. The van der Waals surface area contributed by atoms with E-state index in [2.05, 4.69) is 9.80 Å². The van der Waals surface area contributed by atoms with Gasteiger partial charge >= 0.3 is 0 Å². The van der Waals surface area contributed by atoms with Gasteiger partial charge < -0.3 is 9.80 Å². The number of alkyl halides is 1. The summed E-state index contributed by atoms with van der Waals surface area (Å²) in [4.78, 5) is 5.34. The summed E-state index contributed by atoms with van der Waals surface area (Å²) in [5.74, 6) is 1.81. The van der Waals surface area contributed by atoms with Crippen molar-refractivity contribution in [2.75, 3.05) is 45.1 Å². The molecule has 2 nitrogen and oxygen atoms in total. The summed E-state index contributed by atoms with van der Waals surface area (Å²) in [5, 5.41) is 0. The molecule has 0 bridgehead atoms. The van der Waals surface area contributed by atoms with E-state index in [0.717, 1.165) is 11.8 Å². The third kappa shape index (κ3) is 5.07. The monoisotopic (exact) mass is 272 g/mol. The lowest BCUT2D eigenvalue weighted by molar-refractivity contribution is 0.152. The number of rotatable bonds is 7. The maximum Gasteiger partial charge on any atom is 0.0223 e. The fraction of sp³-hybridized carbons (Fsp3) is 1.00. The fourth-order valence-electron chi connectivity index (χ4n) is 3.33. The first-order valence-electron chi connectivity index (χ1n) is 7.89. The van der Waals surface area contributed by atoms with Gasteiger partial charge in [0.05, 0.1) is 0 Å². The second-order valence-corrected chi connectivity index (χ2v) is 6.42. The van der Waals surface area contributed by atoms with Gasteiger partial charge in [0.15, 0.2) is 0 Å². The number of unbranched alkanes of at least 4 members (excludes halogenated alkanes) is 2. The van der Waals surface area contributed by atoms with Gasteiger partial charge in [-0.05, 0) is 77.2 Å². The van der Waals surface area contributed by atoms with Crippen molar-refractivity contribution < 1.29 is 0 Å². The van der Waals surface area contributed by atoms with Crippen LogP contribution in [-0.2, 0) is 0 Å². The van der Waals surface area contributed by atoms with Crippen LogP contribution in [0.4, 0.5) is 0 Å². The van der Waals surface area contributed by atoms with E-state index >= 15 is 0 Å². The Kier molecular flexibility index (Phi) is 6.82. The summed E-state index contributed by atoms with van der Waals surface area (Å²) >= 11 is 5.70. The molecule has 0 saturated carbocycles. The summed E-state index contributed by atoms with van der Waals surface area (Å²) in [6.45, 7) is 8.06. The molecular weight excluding hydrogens is 244 g/mol. The van der Waals surface area contributed by atoms with E-state index in [9.17, 15) is 0 Å². The molecule has 0 aliphatic carbocycles. The lowest BCUT2D eigenvalue weighted by atomic mass is 9.96. The standard InChI is InChI=1S/C15H29ClN2/c16-8-2-1-3-9-17-12-6-15(7-13-17)14-18-10-4-5-11-18/h15H,1-14H2. The Morgan fingerprint density at radius 1 is 0.833 bits per heavy atom. The van der Waals surface area contributed by atoms with Gasteiger partial charge in [-0.25, -0.2) is 0 Å². The van der Waals surface area contributed by atoms with Crippen molar-refractivity contribution in [2.24, 2.45) is 5.92 Å². The molecule has 3 heteroatoms. The maximum absolute atomic E-state index is 5.70. The summed E-state index contributed by atoms with van der Waals surface area (Å²) in [5.41, 5.74) is 0. The van der Waals surface area contributed by atoms with Gasteiger partial charge in [0.25, 0.3) is 0 Å². The van der Waals surface area contributed by atoms with Crippen LogP contribution < -0.4 is 0 Å². The minimum absolute atomic E-state index is 0.831. The van der Waals surface area contributed by atoms with Crippen LogP contribution in [0.3, 0.4) is 0 Å². The van der Waals surface area contributed by atoms with Gasteiger partial charge in [0.2, 0.25) is 0 Å². The Morgan fingerprint density at radius 2 is 1.56 bits per heavy atom. The van der Waals surface area contributed by atoms with Crippen LogP contribution in [0, 0.1) is 5.92 Å². The Hall–Kier alpha value is 0.210. The molecule has 0 atom stereocenters. The summed E-state index contributed by atoms with van der Waals surface area (Å²) in [6, 6.07) is 0. The van der Waals surface area contributed by atoms with Gasteiger partial charge in [-0.1, -0.05) is 6.42 Å². The number of halogens is 1. The molecule has 0 aromatic carbocycles. The van der Waals surface area contributed by atoms with Gasteiger partial charge in [-0.15, -0.1) is 11.6 Å². The maximum atomic E-state index is 5.70. The predicted octanol–water partition coefficient (Wildman–Crippen LogP) is 3.20. The second kappa shape index (κ2) is 8.39. The van der Waals surface area contributed by atoms with E-state index in [1.807, 2.05) is 0 Å². The molecule has 2 fully saturated rings. The molecule has 2 aliphatic rings. The number of hydrogen-bond donors (Lipinski definition) is 0. The highest BCUT2D eigenvalue weighted by atomic mass is 35.5. The Labute approximate surface area is 118 Å². The van der Waals surface area contributed by atoms with Crippen LogP contribution in [0.1, 0.15) is 44.9 Å². The number of nitrogens with zero attached hydrogens (tertiary/aromatic N) is 2. The molecule has 106 valence electrons. The highest BCUT2D eigenvalue weighted by Crippen LogP contribution is 2.20. The van der Waals surface area contributed by atoms with Gasteiger partial charge in [0.1, 0.15) is 0 Å². The van der Waals surface area contributed by atoms with Crippen molar-refractivity contribution in [2.45, 2.75) is 44.9 Å². The molecule has 2 saturated heterocycles. The topological polar surface area (TPSA) is 6.48 Å². The molecule has 0 amide bonds. The van der Waals surface area contributed by atoms with E-state index < -0.39 is 0 Å². The van der Waals surface area contributed by atoms with Gasteiger partial charge in [-0.3, -0.25) is 0 Å². The SMILES string of the molecule is ClCCCCCN1CCC(CN2CCCC2)CC1. The van der Waals surface area contributed by atoms with E-state index in [-0.39, 0.29) is 0 Å². The molecule has 0 unspecified atom stereocenters. The lowest BCUT2D eigenvalue weighted by Gasteiger charge is -2.33. The van der Waals surface area contributed by atoms with E-state index in [1.54, 1.807) is 0 Å².